The monoisotopic (exact) mass is 285 g/mol. The Hall–Kier alpha value is -1.81. The van der Waals surface area contributed by atoms with E-state index in [1.165, 1.54) is 29.5 Å². The van der Waals surface area contributed by atoms with Gasteiger partial charge < -0.3 is 10.1 Å². The van der Waals surface area contributed by atoms with Crippen LogP contribution in [0.1, 0.15) is 31.7 Å². The molecule has 0 bridgehead atoms. The molecule has 1 aromatic carbocycles. The molecular weight excluding hydrogens is 262 g/mol. The summed E-state index contributed by atoms with van der Waals surface area (Å²) in [6.07, 6.45) is 7.78. The molecule has 4 nitrogen and oxygen atoms in total. The SMILES string of the molecule is CCCn1cc(-c2ccc(OC)cc2CNC2CC2)cn1. The standard InChI is InChI=1S/C17H23N3O/c1-3-8-20-12-14(11-19-20)17-7-6-16(21-2)9-13(17)10-18-15-4-5-15/h6-7,9,11-12,15,18H,3-5,8,10H2,1-2H3. The number of hydrogen-bond acceptors (Lipinski definition) is 3. The van der Waals surface area contributed by atoms with Crippen LogP contribution >= 0.6 is 0 Å². The summed E-state index contributed by atoms with van der Waals surface area (Å²) in [4.78, 5) is 0. The smallest absolute Gasteiger partial charge is 0.119 e. The molecule has 21 heavy (non-hydrogen) atoms. The molecule has 0 amide bonds. The number of methoxy groups -OCH3 is 1. The molecule has 0 unspecified atom stereocenters. The quantitative estimate of drug-likeness (QED) is 0.849. The Morgan fingerprint density at radius 1 is 1.38 bits per heavy atom. The van der Waals surface area contributed by atoms with E-state index in [4.69, 9.17) is 4.74 Å². The molecule has 1 aromatic heterocycles. The maximum absolute atomic E-state index is 5.36. The second-order valence-electron chi connectivity index (χ2n) is 5.67. The lowest BCUT2D eigenvalue weighted by atomic mass is 10.0. The fourth-order valence-corrected chi connectivity index (χ4v) is 2.52. The number of rotatable bonds is 7. The van der Waals surface area contributed by atoms with Crippen LogP contribution in [0.15, 0.2) is 30.6 Å². The van der Waals surface area contributed by atoms with Gasteiger partial charge in [0.05, 0.1) is 13.3 Å². The lowest BCUT2D eigenvalue weighted by Gasteiger charge is -2.11. The fourth-order valence-electron chi connectivity index (χ4n) is 2.52. The van der Waals surface area contributed by atoms with Crippen molar-refractivity contribution >= 4 is 0 Å². The molecule has 0 radical (unpaired) electrons. The van der Waals surface area contributed by atoms with Crippen molar-refractivity contribution in [1.29, 1.82) is 0 Å². The zero-order chi connectivity index (χ0) is 14.7. The lowest BCUT2D eigenvalue weighted by Crippen LogP contribution is -2.15. The zero-order valence-corrected chi connectivity index (χ0v) is 12.8. The lowest BCUT2D eigenvalue weighted by molar-refractivity contribution is 0.414. The first-order chi connectivity index (χ1) is 10.3. The third-order valence-electron chi connectivity index (χ3n) is 3.87. The summed E-state index contributed by atoms with van der Waals surface area (Å²) in [7, 11) is 1.71. The van der Waals surface area contributed by atoms with Crippen LogP contribution in [0.2, 0.25) is 0 Å². The minimum atomic E-state index is 0.701. The second-order valence-corrected chi connectivity index (χ2v) is 5.67. The van der Waals surface area contributed by atoms with Crippen molar-refractivity contribution in [3.05, 3.63) is 36.2 Å². The van der Waals surface area contributed by atoms with Gasteiger partial charge in [0.25, 0.3) is 0 Å². The zero-order valence-electron chi connectivity index (χ0n) is 12.8. The third-order valence-corrected chi connectivity index (χ3v) is 3.87. The van der Waals surface area contributed by atoms with Gasteiger partial charge in [0.2, 0.25) is 0 Å². The molecule has 0 saturated heterocycles. The number of nitrogens with one attached hydrogen (secondary N) is 1. The minimum Gasteiger partial charge on any atom is -0.497 e. The first-order valence-electron chi connectivity index (χ1n) is 7.73. The highest BCUT2D eigenvalue weighted by atomic mass is 16.5. The molecule has 3 rings (SSSR count). The van der Waals surface area contributed by atoms with Crippen LogP contribution in [0.4, 0.5) is 0 Å². The molecule has 1 aliphatic rings. The molecule has 112 valence electrons. The van der Waals surface area contributed by atoms with Crippen molar-refractivity contribution < 1.29 is 4.74 Å². The summed E-state index contributed by atoms with van der Waals surface area (Å²) in [5, 5.41) is 8.02. The predicted octanol–water partition coefficient (Wildman–Crippen LogP) is 3.22. The van der Waals surface area contributed by atoms with Crippen molar-refractivity contribution in [3.63, 3.8) is 0 Å². The average Bonchev–Trinajstić information content (AvgIpc) is 3.23. The Morgan fingerprint density at radius 3 is 2.95 bits per heavy atom. The third kappa shape index (κ3) is 3.45. The van der Waals surface area contributed by atoms with Gasteiger partial charge in [-0.1, -0.05) is 13.0 Å². The van der Waals surface area contributed by atoms with Crippen LogP contribution in [-0.4, -0.2) is 22.9 Å². The Kier molecular flexibility index (Phi) is 4.25. The molecule has 2 aromatic rings. The van der Waals surface area contributed by atoms with E-state index in [0.717, 1.165) is 25.3 Å². The topological polar surface area (TPSA) is 39.1 Å². The van der Waals surface area contributed by atoms with E-state index in [1.54, 1.807) is 7.11 Å². The molecule has 0 spiro atoms. The van der Waals surface area contributed by atoms with Gasteiger partial charge in [0.1, 0.15) is 5.75 Å². The second kappa shape index (κ2) is 6.31. The molecule has 1 aliphatic carbocycles. The van der Waals surface area contributed by atoms with Gasteiger partial charge in [-0.25, -0.2) is 0 Å². The highest BCUT2D eigenvalue weighted by Crippen LogP contribution is 2.28. The van der Waals surface area contributed by atoms with Crippen molar-refractivity contribution in [2.45, 2.75) is 45.3 Å². The largest absolute Gasteiger partial charge is 0.497 e. The van der Waals surface area contributed by atoms with Gasteiger partial charge in [-0.2, -0.15) is 5.10 Å². The summed E-state index contributed by atoms with van der Waals surface area (Å²) < 4.78 is 7.37. The Morgan fingerprint density at radius 2 is 2.24 bits per heavy atom. The van der Waals surface area contributed by atoms with Crippen molar-refractivity contribution in [3.8, 4) is 16.9 Å². The Labute approximate surface area is 126 Å². The molecule has 1 saturated carbocycles. The minimum absolute atomic E-state index is 0.701. The van der Waals surface area contributed by atoms with Crippen molar-refractivity contribution in [1.82, 2.24) is 15.1 Å². The van der Waals surface area contributed by atoms with Crippen molar-refractivity contribution in [2.24, 2.45) is 0 Å². The van der Waals surface area contributed by atoms with Crippen LogP contribution in [0, 0.1) is 0 Å². The molecule has 1 heterocycles. The molecule has 1 N–H and O–H groups in total. The summed E-state index contributed by atoms with van der Waals surface area (Å²) in [5.41, 5.74) is 3.70. The summed E-state index contributed by atoms with van der Waals surface area (Å²) >= 11 is 0. The maximum Gasteiger partial charge on any atom is 0.119 e. The van der Waals surface area contributed by atoms with Crippen LogP contribution in [-0.2, 0) is 13.1 Å². The number of benzene rings is 1. The number of aryl methyl sites for hydroxylation is 1. The highest BCUT2D eigenvalue weighted by Gasteiger charge is 2.21. The molecule has 0 aliphatic heterocycles. The van der Waals surface area contributed by atoms with E-state index >= 15 is 0 Å². The first kappa shape index (κ1) is 14.1. The first-order valence-corrected chi connectivity index (χ1v) is 7.73. The van der Waals surface area contributed by atoms with Gasteiger partial charge >= 0.3 is 0 Å². The Bertz CT molecular complexity index is 602. The van der Waals surface area contributed by atoms with Crippen LogP contribution in [0.3, 0.4) is 0 Å². The van der Waals surface area contributed by atoms with Crippen LogP contribution in [0.25, 0.3) is 11.1 Å². The maximum atomic E-state index is 5.36. The summed E-state index contributed by atoms with van der Waals surface area (Å²) in [5.74, 6) is 0.910. The number of aromatic nitrogens is 2. The summed E-state index contributed by atoms with van der Waals surface area (Å²) in [6, 6.07) is 6.98. The average molecular weight is 285 g/mol. The molecule has 4 heteroatoms. The van der Waals surface area contributed by atoms with Gasteiger partial charge in [0.15, 0.2) is 0 Å². The number of nitrogens with zero attached hydrogens (tertiary/aromatic N) is 2. The van der Waals surface area contributed by atoms with E-state index in [-0.39, 0.29) is 0 Å². The molecular formula is C17H23N3O. The van der Waals surface area contributed by atoms with E-state index < -0.39 is 0 Å². The fraction of sp³-hybridized carbons (Fsp3) is 0.471. The van der Waals surface area contributed by atoms with E-state index in [0.29, 0.717) is 6.04 Å². The van der Waals surface area contributed by atoms with Gasteiger partial charge in [-0.3, -0.25) is 4.68 Å². The van der Waals surface area contributed by atoms with Gasteiger partial charge in [-0.05, 0) is 42.5 Å². The van der Waals surface area contributed by atoms with Crippen LogP contribution in [0.5, 0.6) is 5.75 Å². The number of ether oxygens (including phenoxy) is 1. The predicted molar refractivity (Wildman–Crippen MR) is 84.4 cm³/mol. The van der Waals surface area contributed by atoms with Gasteiger partial charge in [0, 0.05) is 30.9 Å². The normalized spacial score (nSPS) is 14.4. The molecule has 0 atom stereocenters. The Balaban J connectivity index is 1.86. The summed E-state index contributed by atoms with van der Waals surface area (Å²) in [6.45, 7) is 4.02. The highest BCUT2D eigenvalue weighted by molar-refractivity contribution is 5.67. The number of hydrogen-bond donors (Lipinski definition) is 1. The van der Waals surface area contributed by atoms with Crippen LogP contribution < -0.4 is 10.1 Å². The van der Waals surface area contributed by atoms with Gasteiger partial charge in [-0.15, -0.1) is 0 Å². The van der Waals surface area contributed by atoms with Crippen molar-refractivity contribution in [2.75, 3.05) is 7.11 Å². The van der Waals surface area contributed by atoms with E-state index in [2.05, 4.69) is 35.7 Å². The molecule has 1 fully saturated rings. The van der Waals surface area contributed by atoms with E-state index in [9.17, 15) is 0 Å². The van der Waals surface area contributed by atoms with E-state index in [1.807, 2.05) is 16.9 Å².